The molecule has 3 N–H and O–H groups in total. The Bertz CT molecular complexity index is 470. The lowest BCUT2D eigenvalue weighted by Crippen LogP contribution is -2.51. The highest BCUT2D eigenvalue weighted by Crippen LogP contribution is 2.32. The minimum atomic E-state index is -1.30. The summed E-state index contributed by atoms with van der Waals surface area (Å²) in [5, 5.41) is 39.9. The molecule has 0 amide bonds. The average molecular weight is 287 g/mol. The molecular formula is C11H13NO6S. The topological polar surface area (TPSA) is 113 Å². The van der Waals surface area contributed by atoms with Crippen LogP contribution in [0.5, 0.6) is 5.75 Å². The lowest BCUT2D eigenvalue weighted by Gasteiger charge is -2.34. The molecule has 1 aliphatic heterocycles. The number of aliphatic hydroxyl groups excluding tert-OH is 3. The number of ether oxygens (including phenoxy) is 1. The third kappa shape index (κ3) is 2.98. The van der Waals surface area contributed by atoms with Gasteiger partial charge in [0, 0.05) is 11.8 Å². The van der Waals surface area contributed by atoms with Crippen LogP contribution in [-0.2, 0) is 0 Å². The highest BCUT2D eigenvalue weighted by atomic mass is 32.2. The van der Waals surface area contributed by atoms with E-state index in [-0.39, 0.29) is 17.2 Å². The van der Waals surface area contributed by atoms with Crippen molar-refractivity contribution in [3.8, 4) is 5.75 Å². The summed E-state index contributed by atoms with van der Waals surface area (Å²) < 4.78 is 5.32. The summed E-state index contributed by atoms with van der Waals surface area (Å²) in [5.74, 6) is 0.129. The maximum atomic E-state index is 10.8. The molecule has 1 heterocycles. The average Bonchev–Trinajstić information content (AvgIpc) is 2.39. The van der Waals surface area contributed by atoms with E-state index in [1.165, 1.54) is 18.2 Å². The van der Waals surface area contributed by atoms with Crippen LogP contribution in [0.2, 0.25) is 0 Å². The van der Waals surface area contributed by atoms with Gasteiger partial charge < -0.3 is 20.1 Å². The number of rotatable bonds is 3. The molecule has 1 aromatic carbocycles. The number of nitro groups is 1. The van der Waals surface area contributed by atoms with Gasteiger partial charge in [0.15, 0.2) is 11.9 Å². The number of para-hydroxylation sites is 2. The highest BCUT2D eigenvalue weighted by Gasteiger charge is 2.40. The number of thioether (sulfide) groups is 1. The summed E-state index contributed by atoms with van der Waals surface area (Å²) in [7, 11) is 0. The largest absolute Gasteiger partial charge is 0.477 e. The molecule has 0 spiro atoms. The summed E-state index contributed by atoms with van der Waals surface area (Å²) in [4.78, 5) is 10.2. The van der Waals surface area contributed by atoms with Crippen LogP contribution in [0, 0.1) is 10.1 Å². The van der Waals surface area contributed by atoms with Gasteiger partial charge in [-0.3, -0.25) is 10.1 Å². The lowest BCUT2D eigenvalue weighted by atomic mass is 10.1. The minimum absolute atomic E-state index is 0.0506. The van der Waals surface area contributed by atoms with E-state index in [1.54, 1.807) is 6.07 Å². The zero-order chi connectivity index (χ0) is 14.0. The van der Waals surface area contributed by atoms with Gasteiger partial charge in [-0.15, -0.1) is 11.8 Å². The van der Waals surface area contributed by atoms with Crippen molar-refractivity contribution in [2.24, 2.45) is 0 Å². The van der Waals surface area contributed by atoms with E-state index in [1.807, 2.05) is 0 Å². The molecule has 4 atom stereocenters. The maximum Gasteiger partial charge on any atom is 0.310 e. The fourth-order valence-corrected chi connectivity index (χ4v) is 2.76. The van der Waals surface area contributed by atoms with Crippen molar-refractivity contribution >= 4 is 17.4 Å². The quantitative estimate of drug-likeness (QED) is 0.535. The van der Waals surface area contributed by atoms with Crippen molar-refractivity contribution in [3.05, 3.63) is 34.4 Å². The van der Waals surface area contributed by atoms with Crippen LogP contribution in [0.25, 0.3) is 0 Å². The molecule has 0 bridgehead atoms. The number of aliphatic hydroxyl groups is 3. The highest BCUT2D eigenvalue weighted by molar-refractivity contribution is 7.99. The predicted molar refractivity (Wildman–Crippen MR) is 68.0 cm³/mol. The first kappa shape index (κ1) is 14.1. The Morgan fingerprint density at radius 3 is 2.68 bits per heavy atom. The van der Waals surface area contributed by atoms with Crippen LogP contribution in [0.3, 0.4) is 0 Å². The number of nitrogens with zero attached hydrogens (tertiary/aromatic N) is 1. The molecule has 0 radical (unpaired) electrons. The fourth-order valence-electron chi connectivity index (χ4n) is 1.76. The second kappa shape index (κ2) is 5.74. The first-order chi connectivity index (χ1) is 9.00. The number of hydrogen-bond donors (Lipinski definition) is 3. The van der Waals surface area contributed by atoms with Gasteiger partial charge in [-0.25, -0.2) is 0 Å². The van der Waals surface area contributed by atoms with E-state index in [0.717, 1.165) is 11.8 Å². The Hall–Kier alpha value is -1.35. The Morgan fingerprint density at radius 2 is 2.00 bits per heavy atom. The first-order valence-corrected chi connectivity index (χ1v) is 6.61. The molecule has 7 nitrogen and oxygen atoms in total. The van der Waals surface area contributed by atoms with Gasteiger partial charge in [0.05, 0.1) is 11.0 Å². The van der Waals surface area contributed by atoms with Crippen LogP contribution in [-0.4, -0.2) is 49.7 Å². The van der Waals surface area contributed by atoms with E-state index in [2.05, 4.69) is 0 Å². The first-order valence-electron chi connectivity index (χ1n) is 5.56. The van der Waals surface area contributed by atoms with Crippen molar-refractivity contribution in [2.45, 2.75) is 23.7 Å². The minimum Gasteiger partial charge on any atom is -0.477 e. The molecule has 8 heteroatoms. The molecule has 0 saturated carbocycles. The Kier molecular flexibility index (Phi) is 4.25. The van der Waals surface area contributed by atoms with Crippen LogP contribution in [0.15, 0.2) is 24.3 Å². The second-order valence-corrected chi connectivity index (χ2v) is 5.24. The molecule has 19 heavy (non-hydrogen) atoms. The van der Waals surface area contributed by atoms with Crippen LogP contribution < -0.4 is 4.74 Å². The third-order valence-electron chi connectivity index (χ3n) is 2.77. The zero-order valence-electron chi connectivity index (χ0n) is 9.75. The predicted octanol–water partition coefficient (Wildman–Crippen LogP) is 0.129. The van der Waals surface area contributed by atoms with Crippen molar-refractivity contribution in [1.29, 1.82) is 0 Å². The fraction of sp³-hybridized carbons (Fsp3) is 0.455. The molecule has 0 aliphatic carbocycles. The van der Waals surface area contributed by atoms with E-state index in [9.17, 15) is 25.4 Å². The number of nitro benzene ring substituents is 1. The standard InChI is InChI=1S/C11H13NO6S/c13-7-5-19-11(15)10(9(7)14)18-8-4-2-1-3-6(8)12(16)17/h1-4,7,9-11,13-15H,5H2/t7-,9+,10-,11-/m1/s1. The van der Waals surface area contributed by atoms with Crippen molar-refractivity contribution in [3.63, 3.8) is 0 Å². The van der Waals surface area contributed by atoms with Crippen LogP contribution in [0.4, 0.5) is 5.69 Å². The van der Waals surface area contributed by atoms with Gasteiger partial charge >= 0.3 is 5.69 Å². The maximum absolute atomic E-state index is 10.8. The molecule has 1 saturated heterocycles. The van der Waals surface area contributed by atoms with E-state index < -0.39 is 28.7 Å². The van der Waals surface area contributed by atoms with E-state index in [4.69, 9.17) is 4.74 Å². The molecule has 0 unspecified atom stereocenters. The molecule has 1 fully saturated rings. The molecule has 2 rings (SSSR count). The van der Waals surface area contributed by atoms with Gasteiger partial charge in [-0.1, -0.05) is 12.1 Å². The second-order valence-electron chi connectivity index (χ2n) is 4.09. The molecule has 0 aromatic heterocycles. The van der Waals surface area contributed by atoms with Crippen LogP contribution >= 0.6 is 11.8 Å². The van der Waals surface area contributed by atoms with Crippen molar-refractivity contribution in [2.75, 3.05) is 5.75 Å². The lowest BCUT2D eigenvalue weighted by molar-refractivity contribution is -0.386. The number of hydrogen-bond acceptors (Lipinski definition) is 7. The monoisotopic (exact) mass is 287 g/mol. The van der Waals surface area contributed by atoms with Crippen molar-refractivity contribution < 1.29 is 25.0 Å². The van der Waals surface area contributed by atoms with E-state index in [0.29, 0.717) is 0 Å². The summed E-state index contributed by atoms with van der Waals surface area (Å²) in [6.45, 7) is 0. The Labute approximate surface area is 113 Å². The normalized spacial score (nSPS) is 30.9. The summed E-state index contributed by atoms with van der Waals surface area (Å²) in [6.07, 6.45) is -3.45. The van der Waals surface area contributed by atoms with Gasteiger partial charge in [-0.2, -0.15) is 0 Å². The SMILES string of the molecule is O=[N+]([O-])c1ccccc1O[C@@H]1[C@@H](O)[C@H](O)CS[C@H]1O. The summed E-state index contributed by atoms with van der Waals surface area (Å²) in [5.41, 5.74) is -1.31. The van der Waals surface area contributed by atoms with Crippen LogP contribution in [0.1, 0.15) is 0 Å². The molecular weight excluding hydrogens is 274 g/mol. The van der Waals surface area contributed by atoms with Gasteiger partial charge in [0.25, 0.3) is 0 Å². The number of benzene rings is 1. The molecule has 104 valence electrons. The molecule has 1 aromatic rings. The Balaban J connectivity index is 2.22. The van der Waals surface area contributed by atoms with Gasteiger partial charge in [0.1, 0.15) is 11.5 Å². The third-order valence-corrected chi connectivity index (χ3v) is 3.92. The summed E-state index contributed by atoms with van der Waals surface area (Å²) >= 11 is 1.02. The Morgan fingerprint density at radius 1 is 1.32 bits per heavy atom. The van der Waals surface area contributed by atoms with Crippen molar-refractivity contribution in [1.82, 2.24) is 0 Å². The zero-order valence-corrected chi connectivity index (χ0v) is 10.6. The molecule has 1 aliphatic rings. The van der Waals surface area contributed by atoms with E-state index >= 15 is 0 Å². The summed E-state index contributed by atoms with van der Waals surface area (Å²) in [6, 6.07) is 5.68. The van der Waals surface area contributed by atoms with Gasteiger partial charge in [0.2, 0.25) is 0 Å². The smallest absolute Gasteiger partial charge is 0.310 e. The van der Waals surface area contributed by atoms with Gasteiger partial charge in [-0.05, 0) is 6.07 Å².